The van der Waals surface area contributed by atoms with Crippen LogP contribution in [0.25, 0.3) is 0 Å². The molecule has 3 rings (SSSR count). The van der Waals surface area contributed by atoms with Gasteiger partial charge in [-0.15, -0.1) is 0 Å². The monoisotopic (exact) mass is 420 g/mol. The molecule has 8 nitrogen and oxygen atoms in total. The van der Waals surface area contributed by atoms with E-state index in [1.807, 2.05) is 12.1 Å². The van der Waals surface area contributed by atoms with Gasteiger partial charge in [-0.3, -0.25) is 15.1 Å². The molecule has 1 amide bonds. The largest absolute Gasteiger partial charge is 0.497 e. The van der Waals surface area contributed by atoms with E-state index in [0.717, 1.165) is 5.56 Å². The van der Waals surface area contributed by atoms with E-state index in [2.05, 4.69) is 20.6 Å². The van der Waals surface area contributed by atoms with Crippen LogP contribution in [0.3, 0.4) is 0 Å². The zero-order valence-electron chi connectivity index (χ0n) is 17.6. The molecule has 1 heterocycles. The number of rotatable bonds is 7. The number of carbonyl (C=O) groups excluding carboxylic acids is 1. The molecule has 0 aliphatic carbocycles. The van der Waals surface area contributed by atoms with Crippen molar-refractivity contribution in [3.05, 3.63) is 78.1 Å². The summed E-state index contributed by atoms with van der Waals surface area (Å²) < 4.78 is 15.8. The molecule has 31 heavy (non-hydrogen) atoms. The number of anilines is 1. The number of aromatic nitrogens is 1. The Balaban J connectivity index is 1.84. The Morgan fingerprint density at radius 3 is 2.52 bits per heavy atom. The summed E-state index contributed by atoms with van der Waals surface area (Å²) in [5, 5.41) is 5.96. The molecular formula is C23H24N4O4. The number of nitrogens with zero attached hydrogens (tertiary/aromatic N) is 2. The molecule has 0 unspecified atom stereocenters. The summed E-state index contributed by atoms with van der Waals surface area (Å²) >= 11 is 0. The summed E-state index contributed by atoms with van der Waals surface area (Å²) in [6.45, 7) is 0.335. The number of aliphatic imine (C=N–C) groups is 1. The molecule has 0 saturated carbocycles. The number of amides is 1. The molecule has 3 aromatic rings. The van der Waals surface area contributed by atoms with E-state index in [9.17, 15) is 4.79 Å². The Labute approximate surface area is 180 Å². The van der Waals surface area contributed by atoms with Crippen molar-refractivity contribution in [2.45, 2.75) is 6.54 Å². The van der Waals surface area contributed by atoms with Crippen LogP contribution >= 0.6 is 0 Å². The van der Waals surface area contributed by atoms with E-state index in [4.69, 9.17) is 14.2 Å². The number of guanidine groups is 1. The van der Waals surface area contributed by atoms with E-state index >= 15 is 0 Å². The lowest BCUT2D eigenvalue weighted by Gasteiger charge is -2.14. The van der Waals surface area contributed by atoms with E-state index in [-0.39, 0.29) is 11.9 Å². The maximum atomic E-state index is 12.8. The lowest BCUT2D eigenvalue weighted by atomic mass is 10.2. The first-order chi connectivity index (χ1) is 15.1. The molecule has 0 spiro atoms. The van der Waals surface area contributed by atoms with E-state index in [0.29, 0.717) is 35.0 Å². The molecule has 0 saturated heterocycles. The highest BCUT2D eigenvalue weighted by molar-refractivity contribution is 6.10. The average molecular weight is 420 g/mol. The van der Waals surface area contributed by atoms with Crippen molar-refractivity contribution < 1.29 is 19.0 Å². The lowest BCUT2D eigenvalue weighted by Crippen LogP contribution is -2.36. The number of ether oxygens (including phenoxy) is 3. The average Bonchev–Trinajstić information content (AvgIpc) is 2.83. The summed E-state index contributed by atoms with van der Waals surface area (Å²) in [6, 6.07) is 16.0. The Morgan fingerprint density at radius 2 is 1.81 bits per heavy atom. The minimum absolute atomic E-state index is 0.281. The number of benzene rings is 2. The fraction of sp³-hybridized carbons (Fsp3) is 0.174. The van der Waals surface area contributed by atoms with E-state index in [1.165, 1.54) is 0 Å². The quantitative estimate of drug-likeness (QED) is 0.449. The van der Waals surface area contributed by atoms with Gasteiger partial charge in [-0.25, -0.2) is 4.99 Å². The van der Waals surface area contributed by atoms with Gasteiger partial charge in [0.2, 0.25) is 5.96 Å². The zero-order valence-corrected chi connectivity index (χ0v) is 17.6. The van der Waals surface area contributed by atoms with Crippen molar-refractivity contribution in [3.63, 3.8) is 0 Å². The fourth-order valence-electron chi connectivity index (χ4n) is 2.77. The van der Waals surface area contributed by atoms with Crippen molar-refractivity contribution in [1.29, 1.82) is 0 Å². The van der Waals surface area contributed by atoms with E-state index < -0.39 is 0 Å². The molecule has 0 aliphatic rings. The number of carbonyl (C=O) groups is 1. The second-order valence-corrected chi connectivity index (χ2v) is 6.41. The summed E-state index contributed by atoms with van der Waals surface area (Å²) in [5.41, 5.74) is 2.03. The molecule has 8 heteroatoms. The van der Waals surface area contributed by atoms with Gasteiger partial charge in [0.05, 0.1) is 27.9 Å². The molecule has 0 radical (unpaired) electrons. The lowest BCUT2D eigenvalue weighted by molar-refractivity contribution is 0.0976. The third-order valence-corrected chi connectivity index (χ3v) is 4.35. The number of nitrogens with one attached hydrogen (secondary N) is 2. The number of hydrogen-bond donors (Lipinski definition) is 2. The third-order valence-electron chi connectivity index (χ3n) is 4.35. The van der Waals surface area contributed by atoms with Crippen molar-refractivity contribution in [1.82, 2.24) is 10.3 Å². The fourth-order valence-corrected chi connectivity index (χ4v) is 2.77. The second-order valence-electron chi connectivity index (χ2n) is 6.41. The van der Waals surface area contributed by atoms with Crippen LogP contribution in [0.5, 0.6) is 17.2 Å². The molecule has 0 aliphatic heterocycles. The van der Waals surface area contributed by atoms with Crippen LogP contribution in [-0.2, 0) is 6.54 Å². The number of methoxy groups -OCH3 is 3. The minimum Gasteiger partial charge on any atom is -0.497 e. The number of hydrogen-bond acceptors (Lipinski definition) is 6. The van der Waals surface area contributed by atoms with Gasteiger partial charge < -0.3 is 19.5 Å². The zero-order chi connectivity index (χ0) is 22.1. The van der Waals surface area contributed by atoms with Crippen LogP contribution in [0.4, 0.5) is 5.69 Å². The SMILES string of the molecule is COc1cccc(C(=O)NC(=NCc2cccnc2)Nc2ccc(OC)c(OC)c2)c1. The molecule has 2 N–H and O–H groups in total. The standard InChI is InChI=1S/C23H24N4O4/c1-29-19-8-4-7-17(12-19)22(28)27-23(25-15-16-6-5-11-24-14-16)26-18-9-10-20(30-2)21(13-18)31-3/h4-14H,15H2,1-3H3,(H2,25,26,27,28). The van der Waals surface area contributed by atoms with E-state index in [1.54, 1.807) is 76.2 Å². The highest BCUT2D eigenvalue weighted by Crippen LogP contribution is 2.29. The van der Waals surface area contributed by atoms with Gasteiger partial charge in [-0.05, 0) is 42.0 Å². The Morgan fingerprint density at radius 1 is 0.968 bits per heavy atom. The first-order valence-corrected chi connectivity index (χ1v) is 9.50. The Kier molecular flexibility index (Phi) is 7.42. The molecule has 0 atom stereocenters. The summed E-state index contributed by atoms with van der Waals surface area (Å²) in [5.74, 6) is 1.70. The maximum Gasteiger partial charge on any atom is 0.258 e. The van der Waals surface area contributed by atoms with Crippen LogP contribution in [0, 0.1) is 0 Å². The van der Waals surface area contributed by atoms with Gasteiger partial charge in [-0.1, -0.05) is 12.1 Å². The van der Waals surface area contributed by atoms with Gasteiger partial charge in [0.15, 0.2) is 11.5 Å². The summed E-state index contributed by atoms with van der Waals surface area (Å²) in [7, 11) is 4.68. The molecule has 0 fully saturated rings. The predicted molar refractivity (Wildman–Crippen MR) is 119 cm³/mol. The van der Waals surface area contributed by atoms with Gasteiger partial charge in [-0.2, -0.15) is 0 Å². The molecule has 2 aromatic carbocycles. The van der Waals surface area contributed by atoms with Crippen molar-refractivity contribution in [3.8, 4) is 17.2 Å². The maximum absolute atomic E-state index is 12.8. The molecule has 1 aromatic heterocycles. The number of pyridine rings is 1. The normalized spacial score (nSPS) is 10.9. The molecular weight excluding hydrogens is 396 g/mol. The van der Waals surface area contributed by atoms with Crippen LogP contribution in [0.2, 0.25) is 0 Å². The van der Waals surface area contributed by atoms with Crippen LogP contribution < -0.4 is 24.8 Å². The smallest absolute Gasteiger partial charge is 0.258 e. The van der Waals surface area contributed by atoms with Crippen LogP contribution in [-0.4, -0.2) is 38.2 Å². The Hall–Kier alpha value is -4.07. The van der Waals surface area contributed by atoms with Crippen molar-refractivity contribution in [2.75, 3.05) is 26.6 Å². The second kappa shape index (κ2) is 10.6. The highest BCUT2D eigenvalue weighted by atomic mass is 16.5. The summed E-state index contributed by atoms with van der Waals surface area (Å²) in [6.07, 6.45) is 3.42. The minimum atomic E-state index is -0.322. The van der Waals surface area contributed by atoms with Crippen molar-refractivity contribution in [2.24, 2.45) is 4.99 Å². The van der Waals surface area contributed by atoms with Crippen LogP contribution in [0.1, 0.15) is 15.9 Å². The third kappa shape index (κ3) is 5.96. The highest BCUT2D eigenvalue weighted by Gasteiger charge is 2.12. The topological polar surface area (TPSA) is 94.1 Å². The Bertz CT molecular complexity index is 1050. The van der Waals surface area contributed by atoms with Gasteiger partial charge in [0, 0.05) is 29.7 Å². The van der Waals surface area contributed by atoms with Crippen LogP contribution in [0.15, 0.2) is 72.0 Å². The summed E-state index contributed by atoms with van der Waals surface area (Å²) in [4.78, 5) is 21.4. The molecule has 160 valence electrons. The first kappa shape index (κ1) is 21.6. The van der Waals surface area contributed by atoms with Gasteiger partial charge >= 0.3 is 0 Å². The van der Waals surface area contributed by atoms with Crippen molar-refractivity contribution >= 4 is 17.6 Å². The van der Waals surface area contributed by atoms with Gasteiger partial charge in [0.1, 0.15) is 5.75 Å². The molecule has 0 bridgehead atoms. The predicted octanol–water partition coefficient (Wildman–Crippen LogP) is 3.51. The van der Waals surface area contributed by atoms with Gasteiger partial charge in [0.25, 0.3) is 5.91 Å². The first-order valence-electron chi connectivity index (χ1n) is 9.50.